The second kappa shape index (κ2) is 15.1. The number of nitrogens with one attached hydrogen (secondary N) is 4. The number of para-hydroxylation sites is 1. The van der Waals surface area contributed by atoms with E-state index >= 15 is 0 Å². The number of hydrogen-bond acceptors (Lipinski definition) is 11. The van der Waals surface area contributed by atoms with Gasteiger partial charge in [-0.05, 0) is 61.9 Å². The van der Waals surface area contributed by atoms with E-state index in [4.69, 9.17) is 26.4 Å². The number of nitrogens with zero attached hydrogens (tertiary/aromatic N) is 6. The van der Waals surface area contributed by atoms with Crippen molar-refractivity contribution in [2.45, 2.75) is 38.0 Å². The van der Waals surface area contributed by atoms with Crippen LogP contribution in [0.1, 0.15) is 43.7 Å². The summed E-state index contributed by atoms with van der Waals surface area (Å²) >= 11 is 6.57. The van der Waals surface area contributed by atoms with Crippen LogP contribution in [-0.4, -0.2) is 75.3 Å². The summed E-state index contributed by atoms with van der Waals surface area (Å²) in [5, 5.41) is 18.6. The van der Waals surface area contributed by atoms with Crippen LogP contribution < -0.4 is 36.5 Å². The number of aryl methyl sites for hydroxylation is 2. The smallest absolute Gasteiger partial charge is 0.293 e. The maximum Gasteiger partial charge on any atom is 0.293 e. The Labute approximate surface area is 310 Å². The molecule has 16 heteroatoms. The normalized spacial score (nSPS) is 17.5. The van der Waals surface area contributed by atoms with Gasteiger partial charge in [0.05, 0.1) is 34.5 Å². The van der Waals surface area contributed by atoms with Gasteiger partial charge in [0.1, 0.15) is 5.02 Å². The monoisotopic (exact) mass is 740 g/mol. The van der Waals surface area contributed by atoms with Gasteiger partial charge in [-0.1, -0.05) is 23.7 Å². The summed E-state index contributed by atoms with van der Waals surface area (Å²) in [5.41, 5.74) is 3.64. The minimum Gasteiger partial charge on any atom is -0.478 e. The number of aromatic nitrogens is 5. The molecule has 2 fully saturated rings. The fourth-order valence-corrected chi connectivity index (χ4v) is 7.33. The molecule has 2 aliphatic heterocycles. The first-order valence-electron chi connectivity index (χ1n) is 17.6. The number of fused-ring (bicyclic) bond motifs is 2. The van der Waals surface area contributed by atoms with Crippen LogP contribution in [0.15, 0.2) is 53.5 Å². The molecule has 5 heterocycles. The first kappa shape index (κ1) is 35.7. The van der Waals surface area contributed by atoms with Gasteiger partial charge >= 0.3 is 0 Å². The van der Waals surface area contributed by atoms with Gasteiger partial charge in [-0.15, -0.1) is 0 Å². The lowest BCUT2D eigenvalue weighted by Gasteiger charge is -2.33. The highest BCUT2D eigenvalue weighted by Gasteiger charge is 2.32. The van der Waals surface area contributed by atoms with Crippen LogP contribution in [0, 0.1) is 5.92 Å². The first-order valence-corrected chi connectivity index (χ1v) is 18.0. The van der Waals surface area contributed by atoms with Crippen molar-refractivity contribution in [1.82, 2.24) is 34.9 Å². The molecule has 3 aromatic heterocycles. The van der Waals surface area contributed by atoms with Crippen molar-refractivity contribution in [3.05, 3.63) is 69.7 Å². The van der Waals surface area contributed by atoms with Gasteiger partial charge in [0.25, 0.3) is 11.5 Å². The van der Waals surface area contributed by atoms with Crippen molar-refractivity contribution >= 4 is 74.3 Å². The van der Waals surface area contributed by atoms with E-state index in [0.717, 1.165) is 60.9 Å². The summed E-state index contributed by atoms with van der Waals surface area (Å²) in [4.78, 5) is 60.4. The molecule has 0 spiro atoms. The lowest BCUT2D eigenvalue weighted by atomic mass is 9.92. The predicted octanol–water partition coefficient (Wildman–Crippen LogP) is 3.98. The second-order valence-corrected chi connectivity index (χ2v) is 13.9. The van der Waals surface area contributed by atoms with E-state index in [1.165, 1.54) is 11.6 Å². The van der Waals surface area contributed by atoms with E-state index < -0.39 is 5.92 Å². The summed E-state index contributed by atoms with van der Waals surface area (Å²) in [7, 11) is 5.04. The summed E-state index contributed by atoms with van der Waals surface area (Å²) < 4.78 is 8.79. The first-order chi connectivity index (χ1) is 25.6. The van der Waals surface area contributed by atoms with Crippen molar-refractivity contribution in [1.29, 1.82) is 0 Å². The number of likely N-dealkylation sites (N-methyl/N-ethyl adjacent to an activating group) is 1. The highest BCUT2D eigenvalue weighted by atomic mass is 35.5. The molecule has 0 radical (unpaired) electrons. The number of pyridine rings is 1. The summed E-state index contributed by atoms with van der Waals surface area (Å²) in [6, 6.07) is 13.1. The zero-order valence-electron chi connectivity index (χ0n) is 29.7. The Balaban J connectivity index is 1.01. The zero-order chi connectivity index (χ0) is 37.2. The molecule has 2 atom stereocenters. The van der Waals surface area contributed by atoms with Crippen LogP contribution in [0.5, 0.6) is 5.75 Å². The van der Waals surface area contributed by atoms with E-state index in [9.17, 15) is 19.2 Å². The molecule has 4 N–H and O–H groups in total. The number of benzene rings is 2. The minimum absolute atomic E-state index is 0.0749. The van der Waals surface area contributed by atoms with E-state index in [2.05, 4.69) is 31.2 Å². The summed E-state index contributed by atoms with van der Waals surface area (Å²) in [6.45, 7) is 2.10. The molecule has 0 aliphatic carbocycles. The van der Waals surface area contributed by atoms with Crippen LogP contribution in [0.3, 0.4) is 0 Å². The molecule has 7 rings (SSSR count). The molecule has 0 bridgehead atoms. The predicted molar refractivity (Wildman–Crippen MR) is 203 cm³/mol. The van der Waals surface area contributed by atoms with E-state index in [1.807, 2.05) is 48.1 Å². The lowest BCUT2D eigenvalue weighted by Crippen LogP contribution is -2.39. The molecule has 5 aromatic rings. The maximum atomic E-state index is 12.8. The van der Waals surface area contributed by atoms with Crippen molar-refractivity contribution in [2.75, 3.05) is 48.8 Å². The standard InChI is InChI=1S/C37H41ClN10O5/c1-39-31(50)20-53-29-17-22-16-23(9-11-28(22)46(2)36(29)52)42-34-26(38)18-41-37(44-34)48-15-5-6-21(19-48)13-14-40-27-8-4-7-24-32(45-47(3)33(24)27)25-10-12-30(49)43-35(25)51/h4,7-9,11,16-18,21,25,40H,5-6,10,12-15,19-20H2,1-3H3,(H,39,50)(H,41,42,44)(H,43,49,51). The summed E-state index contributed by atoms with van der Waals surface area (Å²) in [6.07, 6.45) is 5.37. The Morgan fingerprint density at radius 1 is 1.11 bits per heavy atom. The highest BCUT2D eigenvalue weighted by Crippen LogP contribution is 2.34. The quantitative estimate of drug-likeness (QED) is 0.144. The van der Waals surface area contributed by atoms with Crippen molar-refractivity contribution in [3.63, 3.8) is 0 Å². The van der Waals surface area contributed by atoms with Gasteiger partial charge in [0, 0.05) is 63.7 Å². The fourth-order valence-electron chi connectivity index (χ4n) is 7.20. The number of anilines is 4. The number of amides is 3. The number of ether oxygens (including phenoxy) is 1. The fraction of sp³-hybridized carbons (Fsp3) is 0.378. The largest absolute Gasteiger partial charge is 0.478 e. The molecular weight excluding hydrogens is 700 g/mol. The Morgan fingerprint density at radius 2 is 1.96 bits per heavy atom. The number of carbonyl (C=O) groups is 3. The van der Waals surface area contributed by atoms with Gasteiger partial charge in [0.15, 0.2) is 18.2 Å². The third-order valence-corrected chi connectivity index (χ3v) is 10.2. The molecule has 2 aliphatic rings. The highest BCUT2D eigenvalue weighted by molar-refractivity contribution is 6.33. The molecular formula is C37H41ClN10O5. The zero-order valence-corrected chi connectivity index (χ0v) is 30.5. The number of rotatable bonds is 11. The number of hydrogen-bond donors (Lipinski definition) is 4. The third-order valence-electron chi connectivity index (χ3n) is 9.96. The van der Waals surface area contributed by atoms with Gasteiger partial charge < -0.3 is 30.2 Å². The Bertz CT molecular complexity index is 2290. The third kappa shape index (κ3) is 7.47. The molecule has 3 amide bonds. The maximum absolute atomic E-state index is 12.8. The molecule has 2 saturated heterocycles. The van der Waals surface area contributed by atoms with Crippen LogP contribution >= 0.6 is 11.6 Å². The molecule has 15 nitrogen and oxygen atoms in total. The van der Waals surface area contributed by atoms with Crippen LogP contribution in [0.4, 0.5) is 23.1 Å². The molecule has 276 valence electrons. The van der Waals surface area contributed by atoms with Crippen molar-refractivity contribution in [3.8, 4) is 5.75 Å². The molecule has 2 aromatic carbocycles. The van der Waals surface area contributed by atoms with Gasteiger partial charge in [0.2, 0.25) is 17.8 Å². The molecule has 2 unspecified atom stereocenters. The van der Waals surface area contributed by atoms with Gasteiger partial charge in [-0.25, -0.2) is 4.98 Å². The van der Waals surface area contributed by atoms with Crippen molar-refractivity contribution in [2.24, 2.45) is 20.0 Å². The molecule has 53 heavy (non-hydrogen) atoms. The van der Waals surface area contributed by atoms with E-state index in [0.29, 0.717) is 52.4 Å². The van der Waals surface area contributed by atoms with Gasteiger partial charge in [-0.2, -0.15) is 10.1 Å². The van der Waals surface area contributed by atoms with Crippen molar-refractivity contribution < 1.29 is 19.1 Å². The van der Waals surface area contributed by atoms with E-state index in [-0.39, 0.29) is 35.6 Å². The topological polar surface area (TPSA) is 177 Å². The minimum atomic E-state index is -0.453. The number of carbonyl (C=O) groups excluding carboxylic acids is 3. The second-order valence-electron chi connectivity index (χ2n) is 13.5. The van der Waals surface area contributed by atoms with Crippen LogP contribution in [0.2, 0.25) is 5.02 Å². The van der Waals surface area contributed by atoms with Crippen LogP contribution in [0.25, 0.3) is 21.8 Å². The SMILES string of the molecule is CNC(=O)COc1cc2cc(Nc3nc(N4CCCC(CCNc5cccc6c(C7CCC(=O)NC7=O)nn(C)c56)C4)ncc3Cl)ccc2n(C)c1=O. The Kier molecular flexibility index (Phi) is 10.2. The van der Waals surface area contributed by atoms with Crippen LogP contribution in [-0.2, 0) is 28.5 Å². The number of piperidine rings is 2. The lowest BCUT2D eigenvalue weighted by molar-refractivity contribution is -0.134. The average molecular weight is 741 g/mol. The van der Waals surface area contributed by atoms with E-state index in [1.54, 1.807) is 19.3 Å². The Hall–Kier alpha value is -5.70. The summed E-state index contributed by atoms with van der Waals surface area (Å²) in [5.74, 6) is 0.202. The Morgan fingerprint density at radius 3 is 2.77 bits per heavy atom. The number of imide groups is 1. The average Bonchev–Trinajstić information content (AvgIpc) is 3.49. The van der Waals surface area contributed by atoms with Gasteiger partial charge in [-0.3, -0.25) is 29.2 Å². The number of halogens is 1. The molecule has 0 saturated carbocycles.